The highest BCUT2D eigenvalue weighted by Crippen LogP contribution is 2.16. The molecule has 0 fully saturated rings. The molecule has 0 spiro atoms. The van der Waals surface area contributed by atoms with Crippen LogP contribution in [0.1, 0.15) is 245 Å². The lowest BCUT2D eigenvalue weighted by molar-refractivity contribution is -0.889. The van der Waals surface area contributed by atoms with E-state index >= 15 is 0 Å². The summed E-state index contributed by atoms with van der Waals surface area (Å²) in [6.07, 6.45) is 62.5. The number of unbranched alkanes of at least 4 members (excludes halogenated alkanes) is 26. The molecule has 0 aliphatic rings. The van der Waals surface area contributed by atoms with Crippen LogP contribution >= 0.6 is 0 Å². The van der Waals surface area contributed by atoms with Crippen molar-refractivity contribution in [3.8, 4) is 0 Å². The molecule has 0 aromatic heterocycles. The van der Waals surface area contributed by atoms with Gasteiger partial charge in [-0.1, -0.05) is 229 Å². The van der Waals surface area contributed by atoms with Gasteiger partial charge in [-0.2, -0.15) is 0 Å². The molecule has 388 valence electrons. The average molecular weight is 940 g/mol. The second-order valence-corrected chi connectivity index (χ2v) is 19.8. The van der Waals surface area contributed by atoms with Gasteiger partial charge in [-0.25, -0.2) is 0 Å². The molecule has 2 atom stereocenters. The molecule has 0 saturated carbocycles. The summed E-state index contributed by atoms with van der Waals surface area (Å²) >= 11 is 0. The van der Waals surface area contributed by atoms with Crippen LogP contribution in [-0.4, -0.2) is 75.5 Å². The number of carbonyl (C=O) groups is 3. The predicted octanol–water partition coefficient (Wildman–Crippen LogP) is 15.1. The summed E-state index contributed by atoms with van der Waals surface area (Å²) in [5.41, 5.74) is 0. The van der Waals surface area contributed by atoms with E-state index in [0.717, 1.165) is 77.0 Å². The number of likely N-dealkylation sites (N-methyl/N-ethyl adjacent to an activating group) is 1. The van der Waals surface area contributed by atoms with Crippen molar-refractivity contribution in [2.24, 2.45) is 0 Å². The predicted molar refractivity (Wildman–Crippen MR) is 282 cm³/mol. The number of quaternary nitrogens is 1. The Balaban J connectivity index is 4.21. The summed E-state index contributed by atoms with van der Waals surface area (Å²) in [6.45, 7) is 4.57. The van der Waals surface area contributed by atoms with Gasteiger partial charge in [-0.15, -0.1) is 0 Å². The summed E-state index contributed by atoms with van der Waals surface area (Å²) in [7, 11) is 5.42. The number of rotatable bonds is 50. The first kappa shape index (κ1) is 64.0. The molecule has 0 aromatic rings. The van der Waals surface area contributed by atoms with E-state index in [1.165, 1.54) is 135 Å². The van der Waals surface area contributed by atoms with Crippen LogP contribution in [0.4, 0.5) is 0 Å². The van der Waals surface area contributed by atoms with Crippen molar-refractivity contribution in [2.45, 2.75) is 257 Å². The van der Waals surface area contributed by atoms with Crippen LogP contribution in [-0.2, 0) is 28.6 Å². The minimum absolute atomic E-state index is 0.0380. The van der Waals surface area contributed by atoms with Crippen LogP contribution in [0.15, 0.2) is 60.8 Å². The second kappa shape index (κ2) is 49.5. The summed E-state index contributed by atoms with van der Waals surface area (Å²) in [5, 5.41) is 11.7. The van der Waals surface area contributed by atoms with Crippen molar-refractivity contribution in [2.75, 3.05) is 41.0 Å². The third-order valence-electron chi connectivity index (χ3n) is 12.4. The normalized spacial score (nSPS) is 13.3. The van der Waals surface area contributed by atoms with Crippen molar-refractivity contribution in [3.05, 3.63) is 60.8 Å². The molecule has 0 amide bonds. The highest BCUT2D eigenvalue weighted by atomic mass is 16.6. The van der Waals surface area contributed by atoms with E-state index in [1.807, 2.05) is 0 Å². The van der Waals surface area contributed by atoms with Gasteiger partial charge in [0.15, 0.2) is 6.10 Å². The van der Waals surface area contributed by atoms with Gasteiger partial charge in [0.1, 0.15) is 12.6 Å². The smallest absolute Gasteiger partial charge is 0.306 e. The van der Waals surface area contributed by atoms with Crippen LogP contribution < -0.4 is 5.11 Å². The standard InChI is InChI=1S/C59H105NO7/c1-6-8-10-12-14-16-18-20-22-24-26-28-29-30-32-33-35-37-39-41-43-45-47-49-57(61)66-54-55(53-65-52-51-56(59(63)64)60(3,4)5)67-58(62)50-48-46-44-42-40-38-36-34-31-27-25-23-21-19-17-15-13-11-9-7-2/h8,10,14,16,20,22,26,28,30,32,55-56H,6-7,9,11-13,15,17-19,21,23-25,27,29,31,33-54H2,1-5H3/b10-8+,16-14+,22-20+,28-26+,32-30+. The average Bonchev–Trinajstić information content (AvgIpc) is 3.29. The highest BCUT2D eigenvalue weighted by Gasteiger charge is 2.25. The molecule has 0 aliphatic heterocycles. The monoisotopic (exact) mass is 940 g/mol. The molecular weight excluding hydrogens is 835 g/mol. The molecule has 0 radical (unpaired) electrons. The van der Waals surface area contributed by atoms with Gasteiger partial charge >= 0.3 is 11.9 Å². The Bertz CT molecular complexity index is 1280. The molecule has 8 nitrogen and oxygen atoms in total. The van der Waals surface area contributed by atoms with Gasteiger partial charge in [0, 0.05) is 19.3 Å². The lowest BCUT2D eigenvalue weighted by Crippen LogP contribution is -2.55. The third-order valence-corrected chi connectivity index (χ3v) is 12.4. The summed E-state index contributed by atoms with van der Waals surface area (Å²) in [4.78, 5) is 37.1. The van der Waals surface area contributed by atoms with Crippen molar-refractivity contribution in [1.29, 1.82) is 0 Å². The number of nitrogens with zero attached hydrogens (tertiary/aromatic N) is 1. The molecular formula is C59H105NO7. The summed E-state index contributed by atoms with van der Waals surface area (Å²) in [5.74, 6) is -1.74. The number of esters is 2. The summed E-state index contributed by atoms with van der Waals surface area (Å²) < 4.78 is 17.3. The number of allylic oxidation sites excluding steroid dienone is 10. The fourth-order valence-corrected chi connectivity index (χ4v) is 8.16. The second-order valence-electron chi connectivity index (χ2n) is 19.8. The van der Waals surface area contributed by atoms with Gasteiger partial charge in [0.05, 0.1) is 40.3 Å². The number of carboxylic acid groups (broad SMARTS) is 1. The molecule has 0 aliphatic carbocycles. The number of carbonyl (C=O) groups excluding carboxylic acids is 3. The largest absolute Gasteiger partial charge is 0.544 e. The molecule has 0 aromatic carbocycles. The fourth-order valence-electron chi connectivity index (χ4n) is 8.16. The van der Waals surface area contributed by atoms with E-state index in [4.69, 9.17) is 14.2 Å². The Hall–Kier alpha value is -2.97. The van der Waals surface area contributed by atoms with Crippen LogP contribution in [0.5, 0.6) is 0 Å². The Morgan fingerprint density at radius 1 is 0.463 bits per heavy atom. The fraction of sp³-hybridized carbons (Fsp3) is 0.780. The first-order valence-electron chi connectivity index (χ1n) is 27.8. The zero-order valence-corrected chi connectivity index (χ0v) is 44.3. The minimum atomic E-state index is -1.12. The maximum Gasteiger partial charge on any atom is 0.306 e. The molecule has 67 heavy (non-hydrogen) atoms. The van der Waals surface area contributed by atoms with Crippen molar-refractivity contribution in [3.63, 3.8) is 0 Å². The molecule has 0 rings (SSSR count). The van der Waals surface area contributed by atoms with Crippen LogP contribution in [0.25, 0.3) is 0 Å². The quantitative estimate of drug-likeness (QED) is 0.0259. The summed E-state index contributed by atoms with van der Waals surface area (Å²) in [6, 6.07) is -0.729. The van der Waals surface area contributed by atoms with Crippen molar-refractivity contribution in [1.82, 2.24) is 0 Å². The van der Waals surface area contributed by atoms with E-state index in [-0.39, 0.29) is 42.7 Å². The Kier molecular flexibility index (Phi) is 47.3. The van der Waals surface area contributed by atoms with Crippen molar-refractivity contribution >= 4 is 17.9 Å². The van der Waals surface area contributed by atoms with E-state index in [2.05, 4.69) is 74.6 Å². The van der Waals surface area contributed by atoms with Gasteiger partial charge in [0.25, 0.3) is 0 Å². The third kappa shape index (κ3) is 47.9. The molecule has 2 unspecified atom stereocenters. The molecule has 0 saturated heterocycles. The van der Waals surface area contributed by atoms with Gasteiger partial charge in [-0.3, -0.25) is 9.59 Å². The first-order valence-corrected chi connectivity index (χ1v) is 27.8. The first-order chi connectivity index (χ1) is 32.6. The van der Waals surface area contributed by atoms with E-state index in [0.29, 0.717) is 12.8 Å². The molecule has 0 bridgehead atoms. The van der Waals surface area contributed by atoms with Gasteiger partial charge in [0.2, 0.25) is 0 Å². The Morgan fingerprint density at radius 3 is 1.24 bits per heavy atom. The van der Waals surface area contributed by atoms with Crippen molar-refractivity contribution < 1.29 is 38.2 Å². The number of hydrogen-bond donors (Lipinski definition) is 0. The van der Waals surface area contributed by atoms with E-state index < -0.39 is 18.1 Å². The van der Waals surface area contributed by atoms with Gasteiger partial charge < -0.3 is 28.6 Å². The molecule has 8 heteroatoms. The Morgan fingerprint density at radius 2 is 0.836 bits per heavy atom. The van der Waals surface area contributed by atoms with Gasteiger partial charge in [-0.05, 0) is 57.8 Å². The highest BCUT2D eigenvalue weighted by molar-refractivity contribution is 5.70. The lowest BCUT2D eigenvalue weighted by Gasteiger charge is -2.34. The molecule has 0 heterocycles. The van der Waals surface area contributed by atoms with E-state index in [1.54, 1.807) is 21.1 Å². The zero-order chi connectivity index (χ0) is 49.2. The Labute approximate surface area is 413 Å². The van der Waals surface area contributed by atoms with Crippen LogP contribution in [0, 0.1) is 0 Å². The number of aliphatic carboxylic acids is 1. The molecule has 0 N–H and O–H groups in total. The SMILES string of the molecule is CC/C=C/C/C=C/C/C=C/C/C=C/C/C=C/CCCCCCCCCC(=O)OCC(COCCC(C(=O)[O-])[N+](C)(C)C)OC(=O)CCCCCCCCCCCCCCCCCCCCCC. The maximum absolute atomic E-state index is 12.8. The zero-order valence-electron chi connectivity index (χ0n) is 44.3. The van der Waals surface area contributed by atoms with Crippen LogP contribution in [0.2, 0.25) is 0 Å². The number of hydrogen-bond acceptors (Lipinski definition) is 7. The number of carboxylic acids is 1. The number of ether oxygens (including phenoxy) is 3. The maximum atomic E-state index is 12.8. The van der Waals surface area contributed by atoms with Crippen LogP contribution in [0.3, 0.4) is 0 Å². The topological polar surface area (TPSA) is 102 Å². The minimum Gasteiger partial charge on any atom is -0.544 e. The lowest BCUT2D eigenvalue weighted by atomic mass is 10.0. The van der Waals surface area contributed by atoms with E-state index in [9.17, 15) is 19.5 Å².